The van der Waals surface area contributed by atoms with Gasteiger partial charge in [-0.15, -0.1) is 0 Å². The lowest BCUT2D eigenvalue weighted by molar-refractivity contribution is -0.112. The fraction of sp³-hybridized carbons (Fsp3) is 0.111. The molecule has 28 heavy (non-hydrogen) atoms. The number of alkyl halides is 2. The first-order chi connectivity index (χ1) is 13.3. The maximum Gasteiger partial charge on any atom is 0.387 e. The van der Waals surface area contributed by atoms with E-state index >= 15 is 0 Å². The standard InChI is InChI=1S/C18H17F2N3O4S/c1-3-4-7-14(21-2)17(24)22-13-10-11-23(12-13)28(25,26)16-9-6-5-8-15(16)27-18(19)20/h3-12,18H,2H2,1H3,(H,22,24)/b4-3-,14-7-. The predicted molar refractivity (Wildman–Crippen MR) is 101 cm³/mol. The van der Waals surface area contributed by atoms with Gasteiger partial charge >= 0.3 is 6.61 Å². The molecule has 2 aromatic rings. The molecule has 0 atom stereocenters. The molecule has 1 amide bonds. The van der Waals surface area contributed by atoms with E-state index in [0.29, 0.717) is 0 Å². The number of benzene rings is 1. The van der Waals surface area contributed by atoms with Crippen LogP contribution in [0.1, 0.15) is 6.92 Å². The maximum absolute atomic E-state index is 12.7. The van der Waals surface area contributed by atoms with Crippen LogP contribution in [0.5, 0.6) is 5.75 Å². The highest BCUT2D eigenvalue weighted by Gasteiger charge is 2.23. The third kappa shape index (κ3) is 4.92. The number of nitrogens with one attached hydrogen (secondary N) is 1. The predicted octanol–water partition coefficient (Wildman–Crippen LogP) is 3.43. The van der Waals surface area contributed by atoms with Crippen molar-refractivity contribution in [3.05, 3.63) is 66.7 Å². The zero-order chi connectivity index (χ0) is 20.7. The topological polar surface area (TPSA) is 89.8 Å². The second-order valence-corrected chi connectivity index (χ2v) is 7.06. The molecule has 0 radical (unpaired) electrons. The Bertz CT molecular complexity index is 1030. The van der Waals surface area contributed by atoms with Gasteiger partial charge in [0.15, 0.2) is 0 Å². The number of aromatic nitrogens is 1. The lowest BCUT2D eigenvalue weighted by atomic mass is 10.3. The number of hydrogen-bond donors (Lipinski definition) is 1. The van der Waals surface area contributed by atoms with E-state index in [-0.39, 0.29) is 11.4 Å². The lowest BCUT2D eigenvalue weighted by Gasteiger charge is -2.11. The number of allylic oxidation sites excluding steroid dienone is 3. The quantitative estimate of drug-likeness (QED) is 0.411. The molecule has 0 saturated carbocycles. The van der Waals surface area contributed by atoms with Crippen molar-refractivity contribution in [2.75, 3.05) is 5.32 Å². The van der Waals surface area contributed by atoms with Crippen LogP contribution in [-0.2, 0) is 14.8 Å². The number of para-hydroxylation sites is 1. The van der Waals surface area contributed by atoms with Gasteiger partial charge in [0.25, 0.3) is 15.9 Å². The molecule has 2 rings (SSSR count). The van der Waals surface area contributed by atoms with E-state index in [9.17, 15) is 22.0 Å². The van der Waals surface area contributed by atoms with Crippen molar-refractivity contribution in [2.24, 2.45) is 4.99 Å². The van der Waals surface area contributed by atoms with E-state index in [1.807, 2.05) is 0 Å². The molecule has 0 saturated heterocycles. The number of ether oxygens (including phenoxy) is 1. The van der Waals surface area contributed by atoms with Gasteiger partial charge in [-0.3, -0.25) is 9.79 Å². The minimum absolute atomic E-state index is 0.0318. The van der Waals surface area contributed by atoms with Gasteiger partial charge in [0.2, 0.25) is 0 Å². The monoisotopic (exact) mass is 409 g/mol. The summed E-state index contributed by atoms with van der Waals surface area (Å²) in [5.41, 5.74) is 0.195. The SMILES string of the molecule is C=N/C(=C\C=C/C)C(=O)Nc1ccn(S(=O)(=O)c2ccccc2OC(F)F)c1. The van der Waals surface area contributed by atoms with Gasteiger partial charge in [-0.05, 0) is 37.9 Å². The smallest absolute Gasteiger partial charge is 0.387 e. The Morgan fingerprint density at radius 2 is 2.04 bits per heavy atom. The van der Waals surface area contributed by atoms with Crippen LogP contribution in [0.3, 0.4) is 0 Å². The summed E-state index contributed by atoms with van der Waals surface area (Å²) >= 11 is 0. The number of nitrogens with zero attached hydrogens (tertiary/aromatic N) is 2. The van der Waals surface area contributed by atoms with Crippen LogP contribution in [0.2, 0.25) is 0 Å². The number of hydrogen-bond acceptors (Lipinski definition) is 5. The van der Waals surface area contributed by atoms with Crippen molar-refractivity contribution in [2.45, 2.75) is 18.4 Å². The molecule has 7 nitrogen and oxygen atoms in total. The Morgan fingerprint density at radius 1 is 1.32 bits per heavy atom. The largest absolute Gasteiger partial charge is 0.433 e. The van der Waals surface area contributed by atoms with Crippen molar-refractivity contribution in [3.8, 4) is 5.75 Å². The molecule has 0 unspecified atom stereocenters. The lowest BCUT2D eigenvalue weighted by Crippen LogP contribution is -2.15. The van der Waals surface area contributed by atoms with E-state index < -0.39 is 33.2 Å². The zero-order valence-corrected chi connectivity index (χ0v) is 15.6. The van der Waals surface area contributed by atoms with Crippen molar-refractivity contribution in [1.82, 2.24) is 3.97 Å². The Hall–Kier alpha value is -3.27. The second-order valence-electron chi connectivity index (χ2n) is 5.25. The molecule has 0 spiro atoms. The minimum Gasteiger partial charge on any atom is -0.433 e. The Labute approximate surface area is 160 Å². The van der Waals surface area contributed by atoms with Gasteiger partial charge in [-0.1, -0.05) is 24.3 Å². The molecule has 1 aromatic carbocycles. The molecule has 10 heteroatoms. The minimum atomic E-state index is -4.22. The van der Waals surface area contributed by atoms with E-state index in [0.717, 1.165) is 22.3 Å². The van der Waals surface area contributed by atoms with E-state index in [1.165, 1.54) is 30.5 Å². The van der Waals surface area contributed by atoms with Crippen LogP contribution in [-0.4, -0.2) is 31.6 Å². The Balaban J connectivity index is 2.31. The number of amides is 1. The summed E-state index contributed by atoms with van der Waals surface area (Å²) in [5.74, 6) is -1.08. The summed E-state index contributed by atoms with van der Waals surface area (Å²) in [6, 6.07) is 6.36. The van der Waals surface area contributed by atoms with Crippen molar-refractivity contribution < 1.29 is 26.7 Å². The normalized spacial score (nSPS) is 12.4. The van der Waals surface area contributed by atoms with Crippen molar-refractivity contribution >= 4 is 28.3 Å². The number of carbonyl (C=O) groups excluding carboxylic acids is 1. The number of rotatable bonds is 8. The van der Waals surface area contributed by atoms with Gasteiger partial charge < -0.3 is 10.1 Å². The fourth-order valence-electron chi connectivity index (χ4n) is 2.15. The summed E-state index contributed by atoms with van der Waals surface area (Å²) in [7, 11) is -4.22. The average Bonchev–Trinajstić information content (AvgIpc) is 3.11. The first-order valence-electron chi connectivity index (χ1n) is 7.88. The molecule has 0 aliphatic carbocycles. The Morgan fingerprint density at radius 3 is 2.68 bits per heavy atom. The molecule has 0 aliphatic heterocycles. The number of anilines is 1. The number of halogens is 2. The second kappa shape index (κ2) is 9.09. The van der Waals surface area contributed by atoms with Gasteiger partial charge in [0.05, 0.1) is 5.69 Å². The number of carbonyl (C=O) groups is 1. The molecule has 148 valence electrons. The Kier molecular flexibility index (Phi) is 6.83. The van der Waals surface area contributed by atoms with E-state index in [2.05, 4.69) is 21.8 Å². The molecule has 1 N–H and O–H groups in total. The molecule has 0 aliphatic rings. The molecular weight excluding hydrogens is 392 g/mol. The highest BCUT2D eigenvalue weighted by Crippen LogP contribution is 2.27. The molecule has 0 fully saturated rings. The van der Waals surface area contributed by atoms with Crippen LogP contribution in [0.15, 0.2) is 76.5 Å². The van der Waals surface area contributed by atoms with Crippen LogP contribution in [0, 0.1) is 0 Å². The summed E-state index contributed by atoms with van der Waals surface area (Å²) < 4.78 is 55.6. The summed E-state index contributed by atoms with van der Waals surface area (Å²) in [4.78, 5) is 15.3. The first-order valence-corrected chi connectivity index (χ1v) is 9.32. The van der Waals surface area contributed by atoms with Gasteiger partial charge in [0, 0.05) is 12.4 Å². The van der Waals surface area contributed by atoms with Crippen molar-refractivity contribution in [3.63, 3.8) is 0 Å². The van der Waals surface area contributed by atoms with Crippen molar-refractivity contribution in [1.29, 1.82) is 0 Å². The molecule has 1 heterocycles. The van der Waals surface area contributed by atoms with Gasteiger partial charge in [0.1, 0.15) is 16.3 Å². The highest BCUT2D eigenvalue weighted by atomic mass is 32.2. The summed E-state index contributed by atoms with van der Waals surface area (Å²) in [6.07, 6.45) is 7.02. The fourth-order valence-corrected chi connectivity index (χ4v) is 3.47. The van der Waals surface area contributed by atoms with Gasteiger partial charge in [-0.2, -0.15) is 8.78 Å². The van der Waals surface area contributed by atoms with Gasteiger partial charge in [-0.25, -0.2) is 12.4 Å². The van der Waals surface area contributed by atoms with E-state index in [4.69, 9.17) is 0 Å². The van der Waals surface area contributed by atoms with E-state index in [1.54, 1.807) is 19.1 Å². The third-order valence-corrected chi connectivity index (χ3v) is 5.07. The summed E-state index contributed by atoms with van der Waals surface area (Å²) in [6.45, 7) is 1.89. The van der Waals surface area contributed by atoms with Crippen LogP contribution >= 0.6 is 0 Å². The number of aliphatic imine (C=N–C) groups is 1. The highest BCUT2D eigenvalue weighted by molar-refractivity contribution is 7.90. The van der Waals surface area contributed by atoms with Crippen LogP contribution < -0.4 is 10.1 Å². The summed E-state index contributed by atoms with van der Waals surface area (Å²) in [5, 5.41) is 2.48. The zero-order valence-electron chi connectivity index (χ0n) is 14.7. The molecule has 1 aromatic heterocycles. The van der Waals surface area contributed by atoms with Crippen LogP contribution in [0.4, 0.5) is 14.5 Å². The molecular formula is C18H17F2N3O4S. The first kappa shape index (κ1) is 21.0. The maximum atomic E-state index is 12.7. The molecule has 0 bridgehead atoms. The average molecular weight is 409 g/mol. The third-order valence-electron chi connectivity index (χ3n) is 3.40. The van der Waals surface area contributed by atoms with Crippen LogP contribution in [0.25, 0.3) is 0 Å².